The molecule has 3 rings (SSSR count). The number of carbonyl (C=O) groups is 1. The van der Waals surface area contributed by atoms with Gasteiger partial charge in [-0.2, -0.15) is 0 Å². The number of methoxy groups -OCH3 is 1. The van der Waals surface area contributed by atoms with E-state index in [0.717, 1.165) is 31.1 Å². The van der Waals surface area contributed by atoms with Crippen molar-refractivity contribution in [3.63, 3.8) is 0 Å². The second kappa shape index (κ2) is 8.42. The summed E-state index contributed by atoms with van der Waals surface area (Å²) in [6, 6.07) is 0. The zero-order valence-corrected chi connectivity index (χ0v) is 15.3. The third kappa shape index (κ3) is 4.24. The first kappa shape index (κ1) is 18.6. The van der Waals surface area contributed by atoms with E-state index in [1.54, 1.807) is 18.4 Å². The van der Waals surface area contributed by atoms with Crippen molar-refractivity contribution in [1.29, 1.82) is 0 Å². The third-order valence-electron chi connectivity index (χ3n) is 4.78. The molecule has 0 spiro atoms. The van der Waals surface area contributed by atoms with Gasteiger partial charge in [0.15, 0.2) is 5.13 Å². The molecule has 1 fully saturated rings. The van der Waals surface area contributed by atoms with Gasteiger partial charge in [-0.05, 0) is 51.6 Å². The number of nitrogens with zero attached hydrogens (tertiary/aromatic N) is 1. The van der Waals surface area contributed by atoms with E-state index in [1.165, 1.54) is 36.3 Å². The van der Waals surface area contributed by atoms with Gasteiger partial charge in [-0.1, -0.05) is 12.8 Å². The molecule has 1 aliphatic heterocycles. The van der Waals surface area contributed by atoms with Crippen molar-refractivity contribution < 1.29 is 9.53 Å². The molecule has 2 aliphatic rings. The van der Waals surface area contributed by atoms with Gasteiger partial charge in [0.25, 0.3) is 5.91 Å². The van der Waals surface area contributed by atoms with Gasteiger partial charge in [-0.15, -0.1) is 23.7 Å². The fourth-order valence-corrected chi connectivity index (χ4v) is 4.37. The Labute approximate surface area is 148 Å². The lowest BCUT2D eigenvalue weighted by Crippen LogP contribution is -2.51. The topological polar surface area (TPSA) is 63.2 Å². The van der Waals surface area contributed by atoms with Crippen molar-refractivity contribution in [3.8, 4) is 0 Å². The van der Waals surface area contributed by atoms with Gasteiger partial charge in [-0.25, -0.2) is 4.98 Å². The van der Waals surface area contributed by atoms with Crippen LogP contribution in [0.4, 0.5) is 5.13 Å². The normalized spacial score (nSPS) is 20.6. The highest BCUT2D eigenvalue weighted by molar-refractivity contribution is 7.15. The predicted molar refractivity (Wildman–Crippen MR) is 95.7 cm³/mol. The van der Waals surface area contributed by atoms with Crippen molar-refractivity contribution >= 4 is 34.8 Å². The van der Waals surface area contributed by atoms with E-state index < -0.39 is 5.60 Å². The summed E-state index contributed by atoms with van der Waals surface area (Å²) in [6.45, 7) is 1.63. The van der Waals surface area contributed by atoms with Crippen LogP contribution < -0.4 is 10.6 Å². The molecule has 0 atom stereocenters. The minimum atomic E-state index is -0.703. The summed E-state index contributed by atoms with van der Waals surface area (Å²) in [5.74, 6) is -0.0433. The lowest BCUT2D eigenvalue weighted by atomic mass is 9.91. The maximum Gasteiger partial charge on any atom is 0.258 e. The maximum absolute atomic E-state index is 12.7. The van der Waals surface area contributed by atoms with Crippen molar-refractivity contribution in [2.45, 2.75) is 57.0 Å². The van der Waals surface area contributed by atoms with Crippen LogP contribution in [0.15, 0.2) is 0 Å². The fourth-order valence-electron chi connectivity index (χ4n) is 3.32. The number of carbonyl (C=O) groups excluding carboxylic acids is 1. The number of thiazole rings is 1. The molecule has 2 N–H and O–H groups in total. The Kier molecular flexibility index (Phi) is 6.83. The van der Waals surface area contributed by atoms with Crippen molar-refractivity contribution in [3.05, 3.63) is 10.6 Å². The number of aromatic nitrogens is 1. The monoisotopic (exact) mass is 359 g/mol. The molecule has 1 aromatic heterocycles. The lowest BCUT2D eigenvalue weighted by Gasteiger charge is -2.34. The maximum atomic E-state index is 12.7. The highest BCUT2D eigenvalue weighted by Crippen LogP contribution is 2.30. The first-order valence-electron chi connectivity index (χ1n) is 8.29. The fraction of sp³-hybridized carbons (Fsp3) is 0.750. The number of nitrogens with one attached hydrogen (secondary N) is 2. The summed E-state index contributed by atoms with van der Waals surface area (Å²) in [5, 5.41) is 7.03. The molecule has 0 bridgehead atoms. The summed E-state index contributed by atoms with van der Waals surface area (Å²) in [7, 11) is 1.63. The van der Waals surface area contributed by atoms with E-state index in [-0.39, 0.29) is 18.3 Å². The smallest absolute Gasteiger partial charge is 0.258 e. The number of rotatable bonds is 3. The van der Waals surface area contributed by atoms with Gasteiger partial charge in [0.2, 0.25) is 0 Å². The molecule has 2 heterocycles. The van der Waals surface area contributed by atoms with Crippen LogP contribution in [0.3, 0.4) is 0 Å². The summed E-state index contributed by atoms with van der Waals surface area (Å²) in [5.41, 5.74) is 0.488. The standard InChI is InChI=1S/C16H25N3O2S.ClH/c1-21-16(8-10-17-11-9-16)14(20)19-15-18-12-6-4-2-3-5-7-13(12)22-15;/h17H,2-11H2,1H3,(H,18,19,20);1H. The molecule has 0 radical (unpaired) electrons. The molecule has 1 saturated heterocycles. The Balaban J connectivity index is 0.00000192. The van der Waals surface area contributed by atoms with Gasteiger partial charge in [0.05, 0.1) is 5.69 Å². The summed E-state index contributed by atoms with van der Waals surface area (Å²) >= 11 is 1.65. The first-order valence-corrected chi connectivity index (χ1v) is 9.11. The SMILES string of the molecule is COC1(C(=O)Nc2nc3c(s2)CCCCCC3)CCNCC1.Cl. The Morgan fingerprint density at radius 2 is 1.91 bits per heavy atom. The molecule has 23 heavy (non-hydrogen) atoms. The summed E-state index contributed by atoms with van der Waals surface area (Å²) in [6.07, 6.45) is 8.59. The van der Waals surface area contributed by atoms with E-state index in [4.69, 9.17) is 4.74 Å². The summed E-state index contributed by atoms with van der Waals surface area (Å²) in [4.78, 5) is 18.7. The minimum absolute atomic E-state index is 0. The Bertz CT molecular complexity index is 504. The molecule has 0 unspecified atom stereocenters. The predicted octanol–water partition coefficient (Wildman–Crippen LogP) is 2.93. The Morgan fingerprint density at radius 1 is 1.22 bits per heavy atom. The zero-order valence-electron chi connectivity index (χ0n) is 13.7. The highest BCUT2D eigenvalue weighted by atomic mass is 35.5. The quantitative estimate of drug-likeness (QED) is 0.871. The Hall–Kier alpha value is -0.690. The van der Waals surface area contributed by atoms with E-state index in [2.05, 4.69) is 15.6 Å². The average Bonchev–Trinajstić information content (AvgIpc) is 2.89. The van der Waals surface area contributed by atoms with E-state index in [9.17, 15) is 4.79 Å². The molecule has 1 aliphatic carbocycles. The molecule has 1 aromatic rings. The molecule has 5 nitrogen and oxygen atoms in total. The van der Waals surface area contributed by atoms with Gasteiger partial charge < -0.3 is 10.1 Å². The van der Waals surface area contributed by atoms with Crippen LogP contribution in [-0.2, 0) is 22.4 Å². The van der Waals surface area contributed by atoms with Crippen LogP contribution in [0.2, 0.25) is 0 Å². The molecular formula is C16H26ClN3O2S. The highest BCUT2D eigenvalue weighted by Gasteiger charge is 2.40. The molecule has 130 valence electrons. The van der Waals surface area contributed by atoms with Gasteiger partial charge in [-0.3, -0.25) is 10.1 Å². The van der Waals surface area contributed by atoms with Crippen LogP contribution in [-0.4, -0.2) is 36.7 Å². The second-order valence-corrected chi connectivity index (χ2v) is 7.29. The molecule has 0 saturated carbocycles. The zero-order chi connectivity index (χ0) is 15.4. The van der Waals surface area contributed by atoms with E-state index >= 15 is 0 Å². The molecular weight excluding hydrogens is 334 g/mol. The first-order chi connectivity index (χ1) is 10.7. The van der Waals surface area contributed by atoms with Crippen LogP contribution in [0, 0.1) is 0 Å². The van der Waals surface area contributed by atoms with Gasteiger partial charge >= 0.3 is 0 Å². The van der Waals surface area contributed by atoms with Crippen LogP contribution >= 0.6 is 23.7 Å². The minimum Gasteiger partial charge on any atom is -0.368 e. The average molecular weight is 360 g/mol. The van der Waals surface area contributed by atoms with Crippen LogP contribution in [0.5, 0.6) is 0 Å². The number of hydrogen-bond donors (Lipinski definition) is 2. The van der Waals surface area contributed by atoms with Crippen molar-refractivity contribution in [2.75, 3.05) is 25.5 Å². The van der Waals surface area contributed by atoms with Crippen molar-refractivity contribution in [2.24, 2.45) is 0 Å². The van der Waals surface area contributed by atoms with E-state index in [1.807, 2.05) is 0 Å². The molecule has 0 aromatic carbocycles. The largest absolute Gasteiger partial charge is 0.368 e. The second-order valence-electron chi connectivity index (χ2n) is 6.21. The number of piperidine rings is 1. The number of hydrogen-bond acceptors (Lipinski definition) is 5. The number of amides is 1. The van der Waals surface area contributed by atoms with Crippen molar-refractivity contribution in [1.82, 2.24) is 10.3 Å². The number of ether oxygens (including phenoxy) is 1. The number of anilines is 1. The Morgan fingerprint density at radius 3 is 2.61 bits per heavy atom. The van der Waals surface area contributed by atoms with Gasteiger partial charge in [0.1, 0.15) is 5.60 Å². The number of aryl methyl sites for hydroxylation is 2. The molecule has 7 heteroatoms. The molecule has 1 amide bonds. The van der Waals surface area contributed by atoms with Crippen LogP contribution in [0.1, 0.15) is 49.1 Å². The van der Waals surface area contributed by atoms with E-state index in [0.29, 0.717) is 12.8 Å². The third-order valence-corrected chi connectivity index (χ3v) is 5.85. The number of fused-ring (bicyclic) bond motifs is 1. The van der Waals surface area contributed by atoms with Gasteiger partial charge in [0, 0.05) is 12.0 Å². The number of halogens is 1. The lowest BCUT2D eigenvalue weighted by molar-refractivity contribution is -0.140. The summed E-state index contributed by atoms with van der Waals surface area (Å²) < 4.78 is 5.58. The van der Waals surface area contributed by atoms with Crippen LogP contribution in [0.25, 0.3) is 0 Å².